The van der Waals surface area contributed by atoms with E-state index in [0.29, 0.717) is 17.7 Å². The summed E-state index contributed by atoms with van der Waals surface area (Å²) in [6, 6.07) is 3.15. The van der Waals surface area contributed by atoms with E-state index in [0.717, 1.165) is 11.6 Å². The fourth-order valence-corrected chi connectivity index (χ4v) is 1.62. The molecule has 0 aliphatic carbocycles. The van der Waals surface area contributed by atoms with Gasteiger partial charge < -0.3 is 14.9 Å². The van der Waals surface area contributed by atoms with E-state index in [1.807, 2.05) is 19.1 Å². The predicted octanol–water partition coefficient (Wildman–Crippen LogP) is 2.62. The van der Waals surface area contributed by atoms with Crippen LogP contribution < -0.4 is 4.74 Å². The quantitative estimate of drug-likeness (QED) is 0.621. The van der Waals surface area contributed by atoms with E-state index in [-0.39, 0.29) is 5.75 Å². The molecule has 0 spiro atoms. The minimum Gasteiger partial charge on any atom is -0.504 e. The molecule has 2 N–H and O–H groups in total. The zero-order chi connectivity index (χ0) is 13.5. The average molecular weight is 248 g/mol. The van der Waals surface area contributed by atoms with Crippen LogP contribution >= 0.6 is 0 Å². The molecule has 0 aliphatic heterocycles. The maximum Gasteiger partial charge on any atom is 0.328 e. The van der Waals surface area contributed by atoms with Crippen LogP contribution in [0.5, 0.6) is 11.5 Å². The molecule has 0 radical (unpaired) electrons. The summed E-state index contributed by atoms with van der Waals surface area (Å²) in [7, 11) is 1.47. The van der Waals surface area contributed by atoms with Crippen LogP contribution in [0.1, 0.15) is 18.1 Å². The highest BCUT2D eigenvalue weighted by molar-refractivity contribution is 5.86. The second kappa shape index (κ2) is 6.49. The number of hydrogen-bond donors (Lipinski definition) is 2. The molecule has 0 amide bonds. The number of aromatic hydroxyl groups is 1. The molecule has 0 aromatic heterocycles. The number of rotatable bonds is 5. The number of ether oxygens (including phenoxy) is 1. The smallest absolute Gasteiger partial charge is 0.328 e. The zero-order valence-corrected chi connectivity index (χ0v) is 10.4. The molecule has 0 unspecified atom stereocenters. The molecule has 1 aromatic rings. The third-order valence-electron chi connectivity index (χ3n) is 2.44. The Balaban J connectivity index is 3.27. The predicted molar refractivity (Wildman–Crippen MR) is 69.8 cm³/mol. The highest BCUT2D eigenvalue weighted by Crippen LogP contribution is 2.33. The molecule has 18 heavy (non-hydrogen) atoms. The number of methoxy groups -OCH3 is 1. The number of phenols is 1. The number of aliphatic carboxylic acids is 1. The van der Waals surface area contributed by atoms with Crippen LogP contribution in [0, 0.1) is 0 Å². The van der Waals surface area contributed by atoms with Gasteiger partial charge in [-0.1, -0.05) is 18.2 Å². The molecule has 0 atom stereocenters. The first-order valence-electron chi connectivity index (χ1n) is 5.51. The van der Waals surface area contributed by atoms with Gasteiger partial charge in [-0.05, 0) is 31.1 Å². The topological polar surface area (TPSA) is 66.8 Å². The summed E-state index contributed by atoms with van der Waals surface area (Å²) in [5, 5.41) is 18.3. The van der Waals surface area contributed by atoms with Crippen LogP contribution in [0.15, 0.2) is 30.4 Å². The number of carbonyl (C=O) groups is 1. The van der Waals surface area contributed by atoms with Gasteiger partial charge in [0.1, 0.15) is 0 Å². The third kappa shape index (κ3) is 3.38. The van der Waals surface area contributed by atoms with Crippen LogP contribution in [0.2, 0.25) is 0 Å². The molecule has 96 valence electrons. The molecule has 4 heteroatoms. The van der Waals surface area contributed by atoms with Crippen LogP contribution in [0.25, 0.3) is 6.08 Å². The summed E-state index contributed by atoms with van der Waals surface area (Å²) in [6.07, 6.45) is 6.91. The Morgan fingerprint density at radius 3 is 2.72 bits per heavy atom. The van der Waals surface area contributed by atoms with Gasteiger partial charge in [0.25, 0.3) is 0 Å². The van der Waals surface area contributed by atoms with Gasteiger partial charge in [0, 0.05) is 11.6 Å². The fraction of sp³-hybridized carbons (Fsp3) is 0.214. The van der Waals surface area contributed by atoms with Crippen molar-refractivity contribution in [3.05, 3.63) is 41.5 Å². The van der Waals surface area contributed by atoms with Gasteiger partial charge in [0.05, 0.1) is 7.11 Å². The highest BCUT2D eigenvalue weighted by Gasteiger charge is 2.11. The monoisotopic (exact) mass is 248 g/mol. The van der Waals surface area contributed by atoms with E-state index >= 15 is 0 Å². The average Bonchev–Trinajstić information content (AvgIpc) is 2.34. The fourth-order valence-electron chi connectivity index (χ4n) is 1.62. The molecule has 0 fully saturated rings. The van der Waals surface area contributed by atoms with Gasteiger partial charge in [-0.15, -0.1) is 0 Å². The summed E-state index contributed by atoms with van der Waals surface area (Å²) >= 11 is 0. The molecule has 0 saturated heterocycles. The third-order valence-corrected chi connectivity index (χ3v) is 2.44. The van der Waals surface area contributed by atoms with E-state index in [9.17, 15) is 9.90 Å². The minimum absolute atomic E-state index is 0.0458. The number of carboxylic acid groups (broad SMARTS) is 1. The lowest BCUT2D eigenvalue weighted by atomic mass is 10.0. The van der Waals surface area contributed by atoms with Crippen LogP contribution in [0.4, 0.5) is 0 Å². The molecule has 0 saturated carbocycles. The first-order chi connectivity index (χ1) is 8.60. The summed E-state index contributed by atoms with van der Waals surface area (Å²) in [5.74, 6) is -0.593. The molecule has 0 heterocycles. The van der Waals surface area contributed by atoms with Crippen molar-refractivity contribution in [1.29, 1.82) is 0 Å². The number of hydrogen-bond acceptors (Lipinski definition) is 3. The van der Waals surface area contributed by atoms with Crippen molar-refractivity contribution in [3.8, 4) is 11.5 Å². The highest BCUT2D eigenvalue weighted by atomic mass is 16.5. The lowest BCUT2D eigenvalue weighted by molar-refractivity contribution is -0.131. The summed E-state index contributed by atoms with van der Waals surface area (Å²) < 4.78 is 5.16. The number of benzene rings is 1. The van der Waals surface area contributed by atoms with Gasteiger partial charge in [0.15, 0.2) is 11.5 Å². The molecular weight excluding hydrogens is 232 g/mol. The van der Waals surface area contributed by atoms with Crippen molar-refractivity contribution in [1.82, 2.24) is 0 Å². The Labute approximate surface area is 106 Å². The van der Waals surface area contributed by atoms with Crippen molar-refractivity contribution >= 4 is 12.0 Å². The molecule has 0 bridgehead atoms. The van der Waals surface area contributed by atoms with Gasteiger partial charge in [-0.25, -0.2) is 4.79 Å². The van der Waals surface area contributed by atoms with Crippen molar-refractivity contribution < 1.29 is 19.7 Å². The van der Waals surface area contributed by atoms with E-state index in [4.69, 9.17) is 9.84 Å². The second-order valence-corrected chi connectivity index (χ2v) is 3.63. The van der Waals surface area contributed by atoms with Crippen LogP contribution in [-0.4, -0.2) is 23.3 Å². The Morgan fingerprint density at radius 2 is 2.17 bits per heavy atom. The van der Waals surface area contributed by atoms with Crippen molar-refractivity contribution in [2.75, 3.05) is 7.11 Å². The van der Waals surface area contributed by atoms with E-state index in [1.165, 1.54) is 19.3 Å². The maximum atomic E-state index is 10.5. The number of allylic oxidation sites excluding steroid dienone is 2. The summed E-state index contributed by atoms with van der Waals surface area (Å²) in [4.78, 5) is 10.5. The first-order valence-corrected chi connectivity index (χ1v) is 5.51. The number of phenolic OH excluding ortho intramolecular Hbond substituents is 1. The van der Waals surface area contributed by atoms with Crippen LogP contribution in [0.3, 0.4) is 0 Å². The zero-order valence-electron chi connectivity index (χ0n) is 10.4. The lowest BCUT2D eigenvalue weighted by Gasteiger charge is -2.11. The molecule has 0 aliphatic rings. The maximum absolute atomic E-state index is 10.5. The lowest BCUT2D eigenvalue weighted by Crippen LogP contribution is -1.95. The molecule has 4 nitrogen and oxygen atoms in total. The normalized spacial score (nSPS) is 11.2. The molecule has 1 rings (SSSR count). The van der Waals surface area contributed by atoms with E-state index in [1.54, 1.807) is 6.07 Å². The van der Waals surface area contributed by atoms with Gasteiger partial charge in [0.2, 0.25) is 0 Å². The molecular formula is C14H16O4. The van der Waals surface area contributed by atoms with Crippen molar-refractivity contribution in [3.63, 3.8) is 0 Å². The van der Waals surface area contributed by atoms with E-state index in [2.05, 4.69) is 0 Å². The minimum atomic E-state index is -1.01. The van der Waals surface area contributed by atoms with Crippen molar-refractivity contribution in [2.45, 2.75) is 13.3 Å². The van der Waals surface area contributed by atoms with Gasteiger partial charge >= 0.3 is 5.97 Å². The molecule has 1 aromatic carbocycles. The summed E-state index contributed by atoms with van der Waals surface area (Å²) in [5.41, 5.74) is 1.47. The Morgan fingerprint density at radius 1 is 1.44 bits per heavy atom. The van der Waals surface area contributed by atoms with E-state index < -0.39 is 5.97 Å². The standard InChI is InChI=1S/C14H16O4/c1-3-4-5-11-10(7-9-13(16)17)6-8-12(15)14(11)18-2/h3-4,6-9,15H,5H2,1-2H3,(H,16,17). The van der Waals surface area contributed by atoms with Gasteiger partial charge in [-0.3, -0.25) is 0 Å². The van der Waals surface area contributed by atoms with Crippen LogP contribution in [-0.2, 0) is 11.2 Å². The summed E-state index contributed by atoms with van der Waals surface area (Å²) in [6.45, 7) is 1.89. The van der Waals surface area contributed by atoms with Crippen molar-refractivity contribution in [2.24, 2.45) is 0 Å². The van der Waals surface area contributed by atoms with Gasteiger partial charge in [-0.2, -0.15) is 0 Å². The largest absolute Gasteiger partial charge is 0.504 e. The Hall–Kier alpha value is -2.23. The Bertz CT molecular complexity index is 487. The number of carboxylic acids is 1. The SMILES string of the molecule is CC=CCc1c(C=CC(=O)O)ccc(O)c1OC. The first kappa shape index (κ1) is 13.8. The Kier molecular flexibility index (Phi) is 4.99. The second-order valence-electron chi connectivity index (χ2n) is 3.63.